The summed E-state index contributed by atoms with van der Waals surface area (Å²) in [6.07, 6.45) is 1.94. The van der Waals surface area contributed by atoms with Crippen molar-refractivity contribution in [2.45, 2.75) is 38.5 Å². The number of benzene rings is 3. The number of rotatable bonds is 3. The van der Waals surface area contributed by atoms with Crippen molar-refractivity contribution in [3.05, 3.63) is 94.5 Å². The molecule has 2 N–H and O–H groups in total. The smallest absolute Gasteiger partial charge is 0.115 e. The van der Waals surface area contributed by atoms with Gasteiger partial charge in [-0.2, -0.15) is 0 Å². The van der Waals surface area contributed by atoms with Gasteiger partial charge in [0.15, 0.2) is 0 Å². The van der Waals surface area contributed by atoms with Crippen LogP contribution in [0.2, 0.25) is 0 Å². The average molecular weight is 358 g/mol. The largest absolute Gasteiger partial charge is 0.508 e. The molecule has 0 fully saturated rings. The van der Waals surface area contributed by atoms with Crippen molar-refractivity contribution in [2.75, 3.05) is 0 Å². The second-order valence-electron chi connectivity index (χ2n) is 7.88. The van der Waals surface area contributed by atoms with E-state index in [2.05, 4.69) is 44.2 Å². The maximum atomic E-state index is 10.1. The van der Waals surface area contributed by atoms with Gasteiger partial charge in [0.2, 0.25) is 0 Å². The lowest BCUT2D eigenvalue weighted by Crippen LogP contribution is -2.28. The zero-order valence-corrected chi connectivity index (χ0v) is 15.9. The maximum Gasteiger partial charge on any atom is 0.115 e. The molecular formula is C25H26O2. The first-order valence-corrected chi connectivity index (χ1v) is 9.68. The van der Waals surface area contributed by atoms with Gasteiger partial charge in [-0.15, -0.1) is 0 Å². The van der Waals surface area contributed by atoms with Gasteiger partial charge in [-0.05, 0) is 89.6 Å². The predicted molar refractivity (Wildman–Crippen MR) is 109 cm³/mol. The summed E-state index contributed by atoms with van der Waals surface area (Å²) < 4.78 is 0. The molecule has 0 heterocycles. The quantitative estimate of drug-likeness (QED) is 0.630. The van der Waals surface area contributed by atoms with Gasteiger partial charge in [-0.1, -0.05) is 49.4 Å². The van der Waals surface area contributed by atoms with Gasteiger partial charge >= 0.3 is 0 Å². The van der Waals surface area contributed by atoms with Gasteiger partial charge in [0, 0.05) is 0 Å². The zero-order valence-electron chi connectivity index (χ0n) is 15.9. The second kappa shape index (κ2) is 7.11. The summed E-state index contributed by atoms with van der Waals surface area (Å²) in [5.74, 6) is 1.84. The van der Waals surface area contributed by atoms with Crippen molar-refractivity contribution in [1.82, 2.24) is 0 Å². The molecular weight excluding hydrogens is 332 g/mol. The van der Waals surface area contributed by atoms with Crippen LogP contribution in [0.15, 0.2) is 66.7 Å². The van der Waals surface area contributed by atoms with Gasteiger partial charge in [0.1, 0.15) is 11.5 Å². The van der Waals surface area contributed by atoms with Crippen LogP contribution in [0.1, 0.15) is 46.6 Å². The Hall–Kier alpha value is -2.74. The molecule has 1 aliphatic carbocycles. The SMILES string of the molecule is Cc1ccccc1CC1c2cc(O)ccc2CC(c2ccc(O)cc2)C1C. The molecule has 1 aliphatic rings. The highest BCUT2D eigenvalue weighted by atomic mass is 16.3. The molecule has 3 aromatic rings. The molecule has 0 bridgehead atoms. The first-order valence-electron chi connectivity index (χ1n) is 9.68. The summed E-state index contributed by atoms with van der Waals surface area (Å²) in [4.78, 5) is 0. The highest BCUT2D eigenvalue weighted by Gasteiger charge is 2.35. The number of fused-ring (bicyclic) bond motifs is 1. The third kappa shape index (κ3) is 3.44. The summed E-state index contributed by atoms with van der Waals surface area (Å²) in [6, 6.07) is 22.1. The van der Waals surface area contributed by atoms with Crippen LogP contribution in [0.25, 0.3) is 0 Å². The van der Waals surface area contributed by atoms with E-state index >= 15 is 0 Å². The fourth-order valence-corrected chi connectivity index (χ4v) is 4.61. The van der Waals surface area contributed by atoms with Gasteiger partial charge in [0.25, 0.3) is 0 Å². The van der Waals surface area contributed by atoms with E-state index in [-0.39, 0.29) is 0 Å². The van der Waals surface area contributed by atoms with Gasteiger partial charge < -0.3 is 10.2 Å². The topological polar surface area (TPSA) is 40.5 Å². The number of phenolic OH excluding ortho intramolecular Hbond substituents is 2. The monoisotopic (exact) mass is 358 g/mol. The Kier molecular flexibility index (Phi) is 4.65. The zero-order chi connectivity index (χ0) is 19.0. The molecule has 0 spiro atoms. The normalized spacial score (nSPS) is 21.6. The summed E-state index contributed by atoms with van der Waals surface area (Å²) in [5, 5.41) is 19.8. The Balaban J connectivity index is 1.76. The number of hydrogen-bond donors (Lipinski definition) is 2. The highest BCUT2D eigenvalue weighted by Crippen LogP contribution is 2.47. The third-order valence-electron chi connectivity index (χ3n) is 6.26. The molecule has 0 saturated heterocycles. The van der Waals surface area contributed by atoms with Crippen molar-refractivity contribution < 1.29 is 10.2 Å². The molecule has 3 unspecified atom stereocenters. The maximum absolute atomic E-state index is 10.1. The van der Waals surface area contributed by atoms with Crippen molar-refractivity contribution in [2.24, 2.45) is 5.92 Å². The minimum atomic E-state index is 0.309. The predicted octanol–water partition coefficient (Wildman–Crippen LogP) is 5.71. The molecule has 2 heteroatoms. The Morgan fingerprint density at radius 3 is 2.33 bits per heavy atom. The molecule has 27 heavy (non-hydrogen) atoms. The van der Waals surface area contributed by atoms with E-state index in [9.17, 15) is 10.2 Å². The first-order chi connectivity index (χ1) is 13.0. The molecule has 0 aromatic heterocycles. The number of aryl methyl sites for hydroxylation is 1. The number of hydrogen-bond acceptors (Lipinski definition) is 2. The minimum Gasteiger partial charge on any atom is -0.508 e. The molecule has 0 radical (unpaired) electrons. The number of aromatic hydroxyl groups is 2. The molecule has 0 amide bonds. The van der Waals surface area contributed by atoms with E-state index < -0.39 is 0 Å². The van der Waals surface area contributed by atoms with Gasteiger partial charge in [-0.3, -0.25) is 0 Å². The van der Waals surface area contributed by atoms with E-state index in [1.807, 2.05) is 18.2 Å². The number of phenols is 2. The Morgan fingerprint density at radius 1 is 0.889 bits per heavy atom. The van der Waals surface area contributed by atoms with E-state index in [0.29, 0.717) is 29.3 Å². The van der Waals surface area contributed by atoms with Crippen LogP contribution in [0, 0.1) is 12.8 Å². The molecule has 3 aromatic carbocycles. The summed E-state index contributed by atoms with van der Waals surface area (Å²) in [6.45, 7) is 4.50. The highest BCUT2D eigenvalue weighted by molar-refractivity contribution is 5.44. The molecule has 4 rings (SSSR count). The third-order valence-corrected chi connectivity index (χ3v) is 6.26. The summed E-state index contributed by atoms with van der Waals surface area (Å²) in [5.41, 5.74) is 6.56. The molecule has 3 atom stereocenters. The lowest BCUT2D eigenvalue weighted by molar-refractivity contribution is 0.346. The van der Waals surface area contributed by atoms with E-state index in [1.54, 1.807) is 18.2 Å². The second-order valence-corrected chi connectivity index (χ2v) is 7.88. The Morgan fingerprint density at radius 2 is 1.59 bits per heavy atom. The average Bonchev–Trinajstić information content (AvgIpc) is 2.66. The standard InChI is InChI=1S/C25H26O2/c1-16-5-3-4-6-19(16)13-24-17(2)23(18-7-10-21(26)11-8-18)14-20-9-12-22(27)15-25(20)24/h3-12,15,17,23-24,26-27H,13-14H2,1-2H3. The van der Waals surface area contributed by atoms with E-state index in [1.165, 1.54) is 27.8 Å². The van der Waals surface area contributed by atoms with Crippen molar-refractivity contribution >= 4 is 0 Å². The van der Waals surface area contributed by atoms with Crippen LogP contribution in [0.3, 0.4) is 0 Å². The fourth-order valence-electron chi connectivity index (χ4n) is 4.61. The van der Waals surface area contributed by atoms with Gasteiger partial charge in [0.05, 0.1) is 0 Å². The lowest BCUT2D eigenvalue weighted by Gasteiger charge is -2.38. The van der Waals surface area contributed by atoms with Crippen LogP contribution < -0.4 is 0 Å². The summed E-state index contributed by atoms with van der Waals surface area (Å²) in [7, 11) is 0. The molecule has 0 aliphatic heterocycles. The van der Waals surface area contributed by atoms with E-state index in [0.717, 1.165) is 12.8 Å². The van der Waals surface area contributed by atoms with Crippen LogP contribution in [-0.2, 0) is 12.8 Å². The van der Waals surface area contributed by atoms with Crippen molar-refractivity contribution in [3.8, 4) is 11.5 Å². The van der Waals surface area contributed by atoms with Crippen molar-refractivity contribution in [1.29, 1.82) is 0 Å². The molecule has 138 valence electrons. The Bertz CT molecular complexity index is 943. The van der Waals surface area contributed by atoms with Crippen LogP contribution in [0.4, 0.5) is 0 Å². The van der Waals surface area contributed by atoms with Crippen molar-refractivity contribution in [3.63, 3.8) is 0 Å². The van der Waals surface area contributed by atoms with Crippen LogP contribution in [-0.4, -0.2) is 10.2 Å². The minimum absolute atomic E-state index is 0.309. The molecule has 0 saturated carbocycles. The lowest BCUT2D eigenvalue weighted by atomic mass is 9.65. The fraction of sp³-hybridized carbons (Fsp3) is 0.280. The Labute approximate surface area is 161 Å². The van der Waals surface area contributed by atoms with Gasteiger partial charge in [-0.25, -0.2) is 0 Å². The van der Waals surface area contributed by atoms with Crippen LogP contribution in [0.5, 0.6) is 11.5 Å². The van der Waals surface area contributed by atoms with E-state index in [4.69, 9.17) is 0 Å². The van der Waals surface area contributed by atoms with Crippen LogP contribution >= 0.6 is 0 Å². The first kappa shape index (κ1) is 17.7. The molecule has 2 nitrogen and oxygen atoms in total. The summed E-state index contributed by atoms with van der Waals surface area (Å²) >= 11 is 0.